The smallest absolute Gasteiger partial charge is 0.306 e. The van der Waals surface area contributed by atoms with Crippen LogP contribution in [0.25, 0.3) is 10.9 Å². The number of ketones is 1. The van der Waals surface area contributed by atoms with Crippen molar-refractivity contribution in [3.05, 3.63) is 65.9 Å². The molecule has 38 heavy (non-hydrogen) atoms. The molecule has 0 spiro atoms. The van der Waals surface area contributed by atoms with Crippen LogP contribution in [-0.4, -0.2) is 77.5 Å². The van der Waals surface area contributed by atoms with Crippen LogP contribution in [0, 0.1) is 12.8 Å². The highest BCUT2D eigenvalue weighted by molar-refractivity contribution is 6.45. The van der Waals surface area contributed by atoms with Gasteiger partial charge in [-0.1, -0.05) is 30.3 Å². The molecule has 10 heteroatoms. The molecule has 0 unspecified atom stereocenters. The molecule has 0 aliphatic carbocycles. The maximum atomic E-state index is 13.1. The largest absolute Gasteiger partial charge is 0.469 e. The minimum absolute atomic E-state index is 0.0488. The molecule has 196 valence electrons. The number of nitrogens with one attached hydrogen (secondary N) is 2. The third kappa shape index (κ3) is 6.25. The number of hydrogen-bond donors (Lipinski definition) is 2. The molecule has 2 aromatic carbocycles. The molecule has 0 atom stereocenters. The van der Waals surface area contributed by atoms with E-state index in [-0.39, 0.29) is 43.3 Å². The second-order valence-corrected chi connectivity index (χ2v) is 8.33. The first-order chi connectivity index (χ1) is 18.4. The zero-order chi connectivity index (χ0) is 27.7. The lowest BCUT2D eigenvalue weighted by atomic mass is 10.1. The summed E-state index contributed by atoms with van der Waals surface area (Å²) in [4.78, 5) is 68.2. The third-order valence-corrected chi connectivity index (χ3v) is 6.09. The number of methoxy groups -OCH3 is 1. The summed E-state index contributed by atoms with van der Waals surface area (Å²) in [6.45, 7) is 1.19. The van der Waals surface area contributed by atoms with Gasteiger partial charge in [-0.2, -0.15) is 0 Å². The van der Waals surface area contributed by atoms with Gasteiger partial charge in [-0.05, 0) is 18.2 Å². The number of amides is 3. The topological polar surface area (TPSA) is 129 Å². The molecule has 1 saturated heterocycles. The lowest BCUT2D eigenvalue weighted by Gasteiger charge is -2.34. The van der Waals surface area contributed by atoms with Gasteiger partial charge in [0.1, 0.15) is 0 Å². The van der Waals surface area contributed by atoms with Crippen molar-refractivity contribution in [2.45, 2.75) is 12.8 Å². The average molecular weight is 517 g/mol. The van der Waals surface area contributed by atoms with Gasteiger partial charge in [0.2, 0.25) is 5.91 Å². The van der Waals surface area contributed by atoms with Gasteiger partial charge in [0, 0.05) is 49.7 Å². The Kier molecular flexibility index (Phi) is 9.37. The van der Waals surface area contributed by atoms with E-state index < -0.39 is 17.7 Å². The van der Waals surface area contributed by atoms with E-state index in [0.29, 0.717) is 35.2 Å². The highest BCUT2D eigenvalue weighted by Gasteiger charge is 2.30. The SMILES string of the molecule is C#C.COC(=O)CCC(=O)Nc1cccc2c(C(=O)C(=O)N3CCN(C(=O)c4ccccc4)CC3)c[nH]c12. The van der Waals surface area contributed by atoms with Crippen LogP contribution in [0.2, 0.25) is 0 Å². The van der Waals surface area contributed by atoms with Crippen molar-refractivity contribution < 1.29 is 28.7 Å². The number of piperazine rings is 1. The molecule has 2 heterocycles. The number of para-hydroxylation sites is 1. The van der Waals surface area contributed by atoms with Crippen LogP contribution >= 0.6 is 0 Å². The van der Waals surface area contributed by atoms with Crippen molar-refractivity contribution >= 4 is 46.1 Å². The quantitative estimate of drug-likeness (QED) is 0.215. The highest BCUT2D eigenvalue weighted by Crippen LogP contribution is 2.26. The van der Waals surface area contributed by atoms with Crippen molar-refractivity contribution in [2.75, 3.05) is 38.6 Å². The molecule has 4 rings (SSSR count). The number of terminal acetylenes is 1. The van der Waals surface area contributed by atoms with E-state index in [4.69, 9.17) is 0 Å². The first-order valence-electron chi connectivity index (χ1n) is 11.9. The second-order valence-electron chi connectivity index (χ2n) is 8.33. The summed E-state index contributed by atoms with van der Waals surface area (Å²) in [6.07, 6.45) is 9.35. The number of ether oxygens (including phenoxy) is 1. The lowest BCUT2D eigenvalue weighted by molar-refractivity contribution is -0.141. The standard InChI is InChI=1S/C26H26N4O6.C2H2/c1-36-22(32)11-10-21(31)28-20-9-5-8-18-19(16-27-23(18)20)24(33)26(35)30-14-12-29(13-15-30)25(34)17-6-3-2-4-7-17;1-2/h2-9,16,27H,10-15H2,1H3,(H,28,31);1-2H. The maximum Gasteiger partial charge on any atom is 0.306 e. The number of carbonyl (C=O) groups is 5. The molecular weight excluding hydrogens is 488 g/mol. The predicted molar refractivity (Wildman–Crippen MR) is 141 cm³/mol. The summed E-state index contributed by atoms with van der Waals surface area (Å²) in [5.41, 5.74) is 1.71. The third-order valence-electron chi connectivity index (χ3n) is 6.09. The van der Waals surface area contributed by atoms with Gasteiger partial charge in [0.25, 0.3) is 17.6 Å². The van der Waals surface area contributed by atoms with Crippen molar-refractivity contribution in [3.63, 3.8) is 0 Å². The van der Waals surface area contributed by atoms with Crippen LogP contribution < -0.4 is 5.32 Å². The summed E-state index contributed by atoms with van der Waals surface area (Å²) in [5.74, 6) is -2.28. The Morgan fingerprint density at radius 1 is 0.895 bits per heavy atom. The number of aromatic amines is 1. The van der Waals surface area contributed by atoms with E-state index in [2.05, 4.69) is 27.9 Å². The van der Waals surface area contributed by atoms with Crippen LogP contribution in [0.5, 0.6) is 0 Å². The molecule has 3 amide bonds. The van der Waals surface area contributed by atoms with Gasteiger partial charge in [-0.15, -0.1) is 12.8 Å². The summed E-state index contributed by atoms with van der Waals surface area (Å²) in [7, 11) is 1.25. The Balaban J connectivity index is 0.00000195. The van der Waals surface area contributed by atoms with Gasteiger partial charge >= 0.3 is 5.97 Å². The number of H-pyrrole nitrogens is 1. The fourth-order valence-corrected chi connectivity index (χ4v) is 4.11. The normalized spacial score (nSPS) is 12.7. The zero-order valence-electron chi connectivity index (χ0n) is 20.9. The molecule has 1 aromatic heterocycles. The van der Waals surface area contributed by atoms with E-state index in [1.165, 1.54) is 18.2 Å². The minimum Gasteiger partial charge on any atom is -0.469 e. The highest BCUT2D eigenvalue weighted by atomic mass is 16.5. The summed E-state index contributed by atoms with van der Waals surface area (Å²) >= 11 is 0. The van der Waals surface area contributed by atoms with Crippen molar-refractivity contribution in [3.8, 4) is 12.8 Å². The second kappa shape index (κ2) is 12.9. The molecule has 0 radical (unpaired) electrons. The molecule has 1 aliphatic rings. The molecule has 0 saturated carbocycles. The van der Waals surface area contributed by atoms with Gasteiger partial charge in [-0.25, -0.2) is 0 Å². The first-order valence-corrected chi connectivity index (χ1v) is 11.9. The van der Waals surface area contributed by atoms with E-state index in [0.717, 1.165) is 0 Å². The van der Waals surface area contributed by atoms with E-state index >= 15 is 0 Å². The average Bonchev–Trinajstić information content (AvgIpc) is 3.41. The van der Waals surface area contributed by atoms with Crippen molar-refractivity contribution in [1.29, 1.82) is 0 Å². The van der Waals surface area contributed by atoms with Crippen LogP contribution in [0.15, 0.2) is 54.7 Å². The number of fused-ring (bicyclic) bond motifs is 1. The summed E-state index contributed by atoms with van der Waals surface area (Å²) in [5, 5.41) is 3.21. The van der Waals surface area contributed by atoms with Gasteiger partial charge < -0.3 is 24.8 Å². The number of esters is 1. The van der Waals surface area contributed by atoms with Crippen LogP contribution in [-0.2, 0) is 19.1 Å². The number of nitrogens with zero attached hydrogens (tertiary/aromatic N) is 2. The van der Waals surface area contributed by atoms with Gasteiger partial charge in [-0.3, -0.25) is 24.0 Å². The molecule has 1 aliphatic heterocycles. The Morgan fingerprint density at radius 3 is 2.21 bits per heavy atom. The number of hydrogen-bond acceptors (Lipinski definition) is 6. The maximum absolute atomic E-state index is 13.1. The first kappa shape index (κ1) is 27.7. The molecule has 2 N–H and O–H groups in total. The molecule has 0 bridgehead atoms. The van der Waals surface area contributed by atoms with Crippen molar-refractivity contribution in [2.24, 2.45) is 0 Å². The van der Waals surface area contributed by atoms with Gasteiger partial charge in [0.15, 0.2) is 0 Å². The summed E-state index contributed by atoms with van der Waals surface area (Å²) in [6, 6.07) is 13.9. The Labute approximate surface area is 219 Å². The van der Waals surface area contributed by atoms with E-state index in [1.807, 2.05) is 6.07 Å². The lowest BCUT2D eigenvalue weighted by Crippen LogP contribution is -2.52. The summed E-state index contributed by atoms with van der Waals surface area (Å²) < 4.78 is 4.54. The Morgan fingerprint density at radius 2 is 1.55 bits per heavy atom. The Hall–Kier alpha value is -4.91. The van der Waals surface area contributed by atoms with E-state index in [1.54, 1.807) is 47.4 Å². The fraction of sp³-hybridized carbons (Fsp3) is 0.250. The monoisotopic (exact) mass is 516 g/mol. The number of Topliss-reactive ketones (excluding diaryl/α,β-unsaturated/α-hetero) is 1. The molecule has 1 fully saturated rings. The molecular formula is C28H28N4O6. The molecule has 3 aromatic rings. The predicted octanol–water partition coefficient (Wildman–Crippen LogP) is 2.48. The zero-order valence-corrected chi connectivity index (χ0v) is 20.9. The van der Waals surface area contributed by atoms with Crippen LogP contribution in [0.3, 0.4) is 0 Å². The number of carbonyl (C=O) groups excluding carboxylic acids is 5. The number of benzene rings is 2. The van der Waals surface area contributed by atoms with Crippen molar-refractivity contribution in [1.82, 2.24) is 14.8 Å². The Bertz CT molecular complexity index is 1350. The van der Waals surface area contributed by atoms with Crippen LogP contribution in [0.4, 0.5) is 5.69 Å². The number of aromatic nitrogens is 1. The van der Waals surface area contributed by atoms with Crippen LogP contribution in [0.1, 0.15) is 33.6 Å². The molecule has 10 nitrogen and oxygen atoms in total. The van der Waals surface area contributed by atoms with Gasteiger partial charge in [0.05, 0.1) is 30.3 Å². The fourth-order valence-electron chi connectivity index (χ4n) is 4.11. The minimum atomic E-state index is -0.668. The van der Waals surface area contributed by atoms with E-state index in [9.17, 15) is 24.0 Å². The number of rotatable bonds is 7. The number of anilines is 1.